The van der Waals surface area contributed by atoms with Gasteiger partial charge in [-0.3, -0.25) is 14.6 Å². The van der Waals surface area contributed by atoms with E-state index in [4.69, 9.17) is 10.5 Å². The van der Waals surface area contributed by atoms with Crippen molar-refractivity contribution in [3.63, 3.8) is 0 Å². The van der Waals surface area contributed by atoms with Gasteiger partial charge in [-0.1, -0.05) is 32.9 Å². The summed E-state index contributed by atoms with van der Waals surface area (Å²) in [4.78, 5) is 36.9. The molecule has 2 aromatic carbocycles. The zero-order valence-electron chi connectivity index (χ0n) is 19.0. The van der Waals surface area contributed by atoms with E-state index in [0.29, 0.717) is 11.4 Å². The summed E-state index contributed by atoms with van der Waals surface area (Å²) in [6, 6.07) is 11.7. The minimum absolute atomic E-state index is 0.0159. The van der Waals surface area contributed by atoms with E-state index in [9.17, 15) is 18.8 Å². The number of anilines is 2. The van der Waals surface area contributed by atoms with Crippen LogP contribution in [0.2, 0.25) is 0 Å². The fraction of sp³-hybridized carbons (Fsp3) is 0.333. The zero-order valence-corrected chi connectivity index (χ0v) is 19.0. The first-order valence-corrected chi connectivity index (χ1v) is 10.5. The number of carbonyl (C=O) groups is 3. The first-order valence-electron chi connectivity index (χ1n) is 10.5. The normalized spacial score (nSPS) is 16.7. The van der Waals surface area contributed by atoms with Gasteiger partial charge in [-0.05, 0) is 54.3 Å². The van der Waals surface area contributed by atoms with E-state index in [-0.39, 0.29) is 17.5 Å². The molecule has 9 heteroatoms. The van der Waals surface area contributed by atoms with Crippen molar-refractivity contribution in [1.29, 1.82) is 0 Å². The maximum atomic E-state index is 13.2. The Labute approximate surface area is 191 Å². The number of benzene rings is 2. The molecule has 0 spiro atoms. The molecular formula is C24H27FN4O4. The van der Waals surface area contributed by atoms with Crippen molar-refractivity contribution in [3.05, 3.63) is 59.9 Å². The van der Waals surface area contributed by atoms with E-state index in [1.807, 2.05) is 12.1 Å². The Bertz CT molecular complexity index is 1080. The van der Waals surface area contributed by atoms with Crippen LogP contribution in [0.1, 0.15) is 39.7 Å². The van der Waals surface area contributed by atoms with Crippen molar-refractivity contribution in [2.24, 2.45) is 10.8 Å². The summed E-state index contributed by atoms with van der Waals surface area (Å²) >= 11 is 0. The molecule has 3 N–H and O–H groups in total. The number of hydrogen-bond acceptors (Lipinski definition) is 6. The molecule has 0 bridgehead atoms. The van der Waals surface area contributed by atoms with Gasteiger partial charge in [0, 0.05) is 12.1 Å². The number of primary amides is 1. The van der Waals surface area contributed by atoms with E-state index in [1.165, 1.54) is 36.2 Å². The Morgan fingerprint density at radius 3 is 2.27 bits per heavy atom. The number of esters is 1. The summed E-state index contributed by atoms with van der Waals surface area (Å²) in [6.07, 6.45) is -1.19. The number of hydrogen-bond donors (Lipinski definition) is 2. The Morgan fingerprint density at radius 1 is 1.12 bits per heavy atom. The van der Waals surface area contributed by atoms with E-state index in [1.54, 1.807) is 12.1 Å². The summed E-state index contributed by atoms with van der Waals surface area (Å²) in [5, 5.41) is 8.10. The third kappa shape index (κ3) is 5.74. The Kier molecular flexibility index (Phi) is 6.81. The van der Waals surface area contributed by atoms with Crippen LogP contribution in [0.4, 0.5) is 15.8 Å². The zero-order chi connectivity index (χ0) is 24.3. The number of nitrogens with two attached hydrogens (primary N) is 1. The van der Waals surface area contributed by atoms with Gasteiger partial charge in [0.1, 0.15) is 17.6 Å². The summed E-state index contributed by atoms with van der Waals surface area (Å²) in [5.41, 5.74) is 7.46. The van der Waals surface area contributed by atoms with Crippen molar-refractivity contribution < 1.29 is 23.5 Å². The molecule has 1 aliphatic heterocycles. The molecule has 8 nitrogen and oxygen atoms in total. The molecule has 33 heavy (non-hydrogen) atoms. The molecule has 3 rings (SSSR count). The molecule has 0 fully saturated rings. The summed E-state index contributed by atoms with van der Waals surface area (Å²) in [6.45, 7) is 7.71. The number of nitrogens with one attached hydrogen (secondary N) is 1. The van der Waals surface area contributed by atoms with E-state index < -0.39 is 35.7 Å². The molecule has 0 saturated carbocycles. The SMILES string of the molecule is C[C@H](OC(=O)C1=NN(c2ccc(F)cc2)[C@H](C(N)=O)C1)C(=O)Nc1ccc(C(C)(C)C)cc1. The van der Waals surface area contributed by atoms with E-state index in [0.717, 1.165) is 5.56 Å². The van der Waals surface area contributed by atoms with Crippen molar-refractivity contribution in [3.8, 4) is 0 Å². The van der Waals surface area contributed by atoms with Crippen molar-refractivity contribution >= 4 is 34.9 Å². The smallest absolute Gasteiger partial charge is 0.355 e. The van der Waals surface area contributed by atoms with Gasteiger partial charge >= 0.3 is 5.97 Å². The second kappa shape index (κ2) is 9.40. The van der Waals surface area contributed by atoms with Crippen molar-refractivity contribution in [2.75, 3.05) is 10.3 Å². The van der Waals surface area contributed by atoms with Gasteiger partial charge in [-0.2, -0.15) is 5.10 Å². The maximum absolute atomic E-state index is 13.2. The molecule has 1 aliphatic rings. The van der Waals surface area contributed by atoms with Crippen LogP contribution in [0.3, 0.4) is 0 Å². The highest BCUT2D eigenvalue weighted by molar-refractivity contribution is 6.38. The second-order valence-electron chi connectivity index (χ2n) is 8.85. The highest BCUT2D eigenvalue weighted by atomic mass is 19.1. The van der Waals surface area contributed by atoms with Gasteiger partial charge in [0.15, 0.2) is 6.10 Å². The summed E-state index contributed by atoms with van der Waals surface area (Å²) in [5.74, 6) is -2.50. The van der Waals surface area contributed by atoms with Crippen molar-refractivity contribution in [2.45, 2.75) is 51.7 Å². The van der Waals surface area contributed by atoms with Gasteiger partial charge in [0.25, 0.3) is 5.91 Å². The van der Waals surface area contributed by atoms with Crippen LogP contribution in [0.15, 0.2) is 53.6 Å². The molecule has 2 aromatic rings. The molecule has 0 unspecified atom stereocenters. The third-order valence-electron chi connectivity index (χ3n) is 5.24. The average Bonchev–Trinajstić information content (AvgIpc) is 3.20. The lowest BCUT2D eigenvalue weighted by molar-refractivity contribution is -0.146. The van der Waals surface area contributed by atoms with Crippen LogP contribution >= 0.6 is 0 Å². The fourth-order valence-electron chi connectivity index (χ4n) is 3.27. The van der Waals surface area contributed by atoms with Crippen LogP contribution in [0.25, 0.3) is 0 Å². The lowest BCUT2D eigenvalue weighted by atomic mass is 9.87. The van der Waals surface area contributed by atoms with Crippen LogP contribution in [0, 0.1) is 5.82 Å². The number of amides is 2. The van der Waals surface area contributed by atoms with Crippen LogP contribution in [-0.4, -0.2) is 35.6 Å². The lowest BCUT2D eigenvalue weighted by Crippen LogP contribution is -2.39. The third-order valence-corrected chi connectivity index (χ3v) is 5.24. The lowest BCUT2D eigenvalue weighted by Gasteiger charge is -2.20. The molecule has 0 saturated heterocycles. The number of nitrogens with zero attached hydrogens (tertiary/aromatic N) is 2. The van der Waals surface area contributed by atoms with Crippen LogP contribution < -0.4 is 16.1 Å². The standard InChI is InChI=1S/C24H27FN4O4/c1-14(22(31)27-17-9-5-15(6-10-17)24(2,3)4)33-23(32)19-13-20(21(26)30)29(28-19)18-11-7-16(25)8-12-18/h5-12,14,20H,13H2,1-4H3,(H2,26,30)(H,27,31)/t14-,20-/m0/s1. The van der Waals surface area contributed by atoms with Gasteiger partial charge in [-0.25, -0.2) is 9.18 Å². The van der Waals surface area contributed by atoms with Gasteiger partial charge in [0.2, 0.25) is 5.91 Å². The topological polar surface area (TPSA) is 114 Å². The maximum Gasteiger partial charge on any atom is 0.355 e. The van der Waals surface area contributed by atoms with Crippen LogP contribution in [0.5, 0.6) is 0 Å². The van der Waals surface area contributed by atoms with E-state index in [2.05, 4.69) is 31.2 Å². The van der Waals surface area contributed by atoms with Gasteiger partial charge in [0.05, 0.1) is 5.69 Å². The second-order valence-corrected chi connectivity index (χ2v) is 8.85. The van der Waals surface area contributed by atoms with Gasteiger partial charge in [-0.15, -0.1) is 0 Å². The molecule has 1 heterocycles. The molecule has 174 valence electrons. The molecule has 0 aromatic heterocycles. The van der Waals surface area contributed by atoms with Crippen molar-refractivity contribution in [1.82, 2.24) is 0 Å². The van der Waals surface area contributed by atoms with Gasteiger partial charge < -0.3 is 15.8 Å². The highest BCUT2D eigenvalue weighted by Gasteiger charge is 2.36. The predicted molar refractivity (Wildman–Crippen MR) is 123 cm³/mol. The monoisotopic (exact) mass is 454 g/mol. The largest absolute Gasteiger partial charge is 0.448 e. The highest BCUT2D eigenvalue weighted by Crippen LogP contribution is 2.26. The predicted octanol–water partition coefficient (Wildman–Crippen LogP) is 3.11. The molecule has 0 radical (unpaired) electrons. The van der Waals surface area contributed by atoms with E-state index >= 15 is 0 Å². The Hall–Kier alpha value is -3.75. The Balaban J connectivity index is 1.65. The minimum Gasteiger partial charge on any atom is -0.448 e. The summed E-state index contributed by atoms with van der Waals surface area (Å²) < 4.78 is 18.5. The first-order chi connectivity index (χ1) is 15.5. The molecule has 2 atom stereocenters. The number of hydrazone groups is 1. The fourth-order valence-corrected chi connectivity index (χ4v) is 3.27. The number of ether oxygens (including phenoxy) is 1. The van der Waals surface area contributed by atoms with Crippen LogP contribution in [-0.2, 0) is 24.5 Å². The average molecular weight is 455 g/mol. The molecular weight excluding hydrogens is 427 g/mol. The molecule has 0 aliphatic carbocycles. The molecule has 2 amide bonds. The number of halogens is 1. The Morgan fingerprint density at radius 2 is 1.73 bits per heavy atom. The minimum atomic E-state index is -1.10. The first kappa shape index (κ1) is 23.9. The number of carbonyl (C=O) groups excluding carboxylic acids is 3. The number of rotatable bonds is 6. The summed E-state index contributed by atoms with van der Waals surface area (Å²) in [7, 11) is 0. The quantitative estimate of drug-likeness (QED) is 0.651.